The van der Waals surface area contributed by atoms with Gasteiger partial charge in [0.05, 0.1) is 7.11 Å². The highest BCUT2D eigenvalue weighted by Gasteiger charge is 2.15. The van der Waals surface area contributed by atoms with Gasteiger partial charge in [0.1, 0.15) is 0 Å². The van der Waals surface area contributed by atoms with E-state index in [2.05, 4.69) is 5.32 Å². The minimum Gasteiger partial charge on any atom is -0.494 e. The molecule has 0 amide bonds. The molecule has 0 fully saturated rings. The van der Waals surface area contributed by atoms with Crippen LogP contribution in [0.4, 0.5) is 10.1 Å². The average Bonchev–Trinajstić information content (AvgIpc) is 2.94. The molecule has 4 nitrogen and oxygen atoms in total. The largest absolute Gasteiger partial charge is 0.494 e. The lowest BCUT2D eigenvalue weighted by Crippen LogP contribution is -2.07. The fourth-order valence-corrected chi connectivity index (χ4v) is 2.27. The minimum atomic E-state index is -0.366. The van der Waals surface area contributed by atoms with Crippen LogP contribution in [0.1, 0.15) is 18.5 Å². The van der Waals surface area contributed by atoms with Crippen LogP contribution in [0.15, 0.2) is 36.4 Å². The molecule has 0 aliphatic carbocycles. The molecule has 110 valence electrons. The van der Waals surface area contributed by atoms with Gasteiger partial charge in [0.25, 0.3) is 0 Å². The van der Waals surface area contributed by atoms with Gasteiger partial charge in [-0.2, -0.15) is 0 Å². The first-order valence-electron chi connectivity index (χ1n) is 6.67. The van der Waals surface area contributed by atoms with Crippen molar-refractivity contribution in [1.29, 1.82) is 0 Å². The highest BCUT2D eigenvalue weighted by molar-refractivity contribution is 5.56. The van der Waals surface area contributed by atoms with Gasteiger partial charge in [-0.25, -0.2) is 4.39 Å². The zero-order chi connectivity index (χ0) is 14.8. The third kappa shape index (κ3) is 2.72. The molecule has 1 aliphatic heterocycles. The second-order valence-corrected chi connectivity index (χ2v) is 4.83. The van der Waals surface area contributed by atoms with Crippen LogP contribution in [-0.2, 0) is 0 Å². The van der Waals surface area contributed by atoms with Crippen LogP contribution in [0.25, 0.3) is 0 Å². The summed E-state index contributed by atoms with van der Waals surface area (Å²) in [5, 5.41) is 3.31. The highest BCUT2D eigenvalue weighted by Crippen LogP contribution is 2.35. The molecule has 2 aromatic carbocycles. The summed E-state index contributed by atoms with van der Waals surface area (Å²) in [6.07, 6.45) is 0. The topological polar surface area (TPSA) is 39.7 Å². The molecule has 0 bridgehead atoms. The molecule has 0 spiro atoms. The molecule has 2 aromatic rings. The number of fused-ring (bicyclic) bond motifs is 1. The fourth-order valence-electron chi connectivity index (χ4n) is 2.27. The molecule has 1 atom stereocenters. The van der Waals surface area contributed by atoms with Crippen molar-refractivity contribution in [3.05, 3.63) is 47.8 Å². The average molecular weight is 289 g/mol. The number of rotatable bonds is 4. The number of halogens is 1. The Morgan fingerprint density at radius 3 is 2.71 bits per heavy atom. The van der Waals surface area contributed by atoms with E-state index >= 15 is 0 Å². The Hall–Kier alpha value is -2.43. The number of benzene rings is 2. The summed E-state index contributed by atoms with van der Waals surface area (Å²) >= 11 is 0. The maximum Gasteiger partial charge on any atom is 0.231 e. The molecular weight excluding hydrogens is 273 g/mol. The maximum atomic E-state index is 13.7. The minimum absolute atomic E-state index is 0.0502. The number of hydrogen-bond acceptors (Lipinski definition) is 4. The van der Waals surface area contributed by atoms with Gasteiger partial charge in [-0.15, -0.1) is 0 Å². The second kappa shape index (κ2) is 5.52. The van der Waals surface area contributed by atoms with Crippen LogP contribution in [0.3, 0.4) is 0 Å². The Labute approximate surface area is 122 Å². The number of ether oxygens (including phenoxy) is 3. The van der Waals surface area contributed by atoms with Gasteiger partial charge in [0.15, 0.2) is 23.1 Å². The lowest BCUT2D eigenvalue weighted by Gasteiger charge is -2.16. The molecule has 21 heavy (non-hydrogen) atoms. The van der Waals surface area contributed by atoms with Crippen molar-refractivity contribution in [3.8, 4) is 17.2 Å². The van der Waals surface area contributed by atoms with Crippen LogP contribution in [0.5, 0.6) is 17.2 Å². The van der Waals surface area contributed by atoms with E-state index in [1.807, 2.05) is 31.2 Å². The summed E-state index contributed by atoms with van der Waals surface area (Å²) in [6.45, 7) is 2.21. The summed E-state index contributed by atoms with van der Waals surface area (Å²) < 4.78 is 29.3. The van der Waals surface area contributed by atoms with Gasteiger partial charge in [0.2, 0.25) is 6.79 Å². The van der Waals surface area contributed by atoms with Gasteiger partial charge in [-0.05, 0) is 36.8 Å². The third-order valence-electron chi connectivity index (χ3n) is 3.43. The van der Waals surface area contributed by atoms with Crippen molar-refractivity contribution in [3.63, 3.8) is 0 Å². The first-order chi connectivity index (χ1) is 10.2. The van der Waals surface area contributed by atoms with E-state index < -0.39 is 0 Å². The number of nitrogens with one attached hydrogen (secondary N) is 1. The molecule has 1 heterocycles. The summed E-state index contributed by atoms with van der Waals surface area (Å²) in [5.41, 5.74) is 1.73. The highest BCUT2D eigenvalue weighted by atomic mass is 19.1. The fraction of sp³-hybridized carbons (Fsp3) is 0.250. The molecule has 0 saturated heterocycles. The first-order valence-corrected chi connectivity index (χ1v) is 6.67. The molecule has 3 rings (SSSR count). The van der Waals surface area contributed by atoms with Gasteiger partial charge < -0.3 is 19.5 Å². The van der Waals surface area contributed by atoms with E-state index in [0.717, 1.165) is 17.0 Å². The number of methoxy groups -OCH3 is 1. The summed E-state index contributed by atoms with van der Waals surface area (Å²) in [6, 6.07) is 10.5. The van der Waals surface area contributed by atoms with E-state index in [1.165, 1.54) is 13.2 Å². The van der Waals surface area contributed by atoms with Crippen LogP contribution < -0.4 is 19.5 Å². The van der Waals surface area contributed by atoms with Crippen LogP contribution >= 0.6 is 0 Å². The van der Waals surface area contributed by atoms with E-state index in [9.17, 15) is 4.39 Å². The normalized spacial score (nSPS) is 13.9. The molecule has 0 radical (unpaired) electrons. The van der Waals surface area contributed by atoms with E-state index in [0.29, 0.717) is 5.75 Å². The van der Waals surface area contributed by atoms with Gasteiger partial charge in [0, 0.05) is 17.8 Å². The summed E-state index contributed by atoms with van der Waals surface area (Å²) in [4.78, 5) is 0. The SMILES string of the molecule is COc1ccc(C(C)Nc2ccc3c(c2)OCO3)cc1F. The third-order valence-corrected chi connectivity index (χ3v) is 3.43. The second-order valence-electron chi connectivity index (χ2n) is 4.83. The zero-order valence-corrected chi connectivity index (χ0v) is 11.9. The zero-order valence-electron chi connectivity index (χ0n) is 11.9. The smallest absolute Gasteiger partial charge is 0.231 e. The standard InChI is InChI=1S/C16H16FNO3/c1-10(11-3-5-14(19-2)13(17)7-11)18-12-4-6-15-16(8-12)21-9-20-15/h3-8,10,18H,9H2,1-2H3. The molecule has 5 heteroatoms. The molecule has 1 unspecified atom stereocenters. The molecule has 0 aromatic heterocycles. The van der Waals surface area contributed by atoms with Gasteiger partial charge in [-0.1, -0.05) is 6.07 Å². The van der Waals surface area contributed by atoms with E-state index in [-0.39, 0.29) is 24.4 Å². The van der Waals surface area contributed by atoms with Crippen molar-refractivity contribution in [2.24, 2.45) is 0 Å². The Morgan fingerprint density at radius 2 is 1.95 bits per heavy atom. The quantitative estimate of drug-likeness (QED) is 0.931. The van der Waals surface area contributed by atoms with Crippen LogP contribution in [0.2, 0.25) is 0 Å². The predicted octanol–water partition coefficient (Wildman–Crippen LogP) is 3.74. The summed E-state index contributed by atoms with van der Waals surface area (Å²) in [5.74, 6) is 1.33. The van der Waals surface area contributed by atoms with Crippen molar-refractivity contribution in [1.82, 2.24) is 0 Å². The predicted molar refractivity (Wildman–Crippen MR) is 77.6 cm³/mol. The first kappa shape index (κ1) is 13.5. The number of anilines is 1. The molecule has 1 aliphatic rings. The summed E-state index contributed by atoms with van der Waals surface area (Å²) in [7, 11) is 1.45. The van der Waals surface area contributed by atoms with E-state index in [1.54, 1.807) is 6.07 Å². The Kier molecular flexibility index (Phi) is 3.56. The van der Waals surface area contributed by atoms with Gasteiger partial charge >= 0.3 is 0 Å². The van der Waals surface area contributed by atoms with E-state index in [4.69, 9.17) is 14.2 Å². The van der Waals surface area contributed by atoms with Crippen LogP contribution in [0, 0.1) is 5.82 Å². The van der Waals surface area contributed by atoms with Crippen molar-refractivity contribution in [2.45, 2.75) is 13.0 Å². The molecular formula is C16H16FNO3. The lowest BCUT2D eigenvalue weighted by molar-refractivity contribution is 0.174. The Bertz CT molecular complexity index is 660. The Balaban J connectivity index is 1.76. The molecule has 0 saturated carbocycles. The maximum absolute atomic E-state index is 13.7. The monoisotopic (exact) mass is 289 g/mol. The van der Waals surface area contributed by atoms with Crippen molar-refractivity contribution >= 4 is 5.69 Å². The van der Waals surface area contributed by atoms with Crippen LogP contribution in [-0.4, -0.2) is 13.9 Å². The Morgan fingerprint density at radius 1 is 1.14 bits per heavy atom. The van der Waals surface area contributed by atoms with Crippen molar-refractivity contribution < 1.29 is 18.6 Å². The number of hydrogen-bond donors (Lipinski definition) is 1. The van der Waals surface area contributed by atoms with Gasteiger partial charge in [-0.3, -0.25) is 0 Å². The van der Waals surface area contributed by atoms with Crippen molar-refractivity contribution in [2.75, 3.05) is 19.2 Å². The molecule has 1 N–H and O–H groups in total. The lowest BCUT2D eigenvalue weighted by atomic mass is 10.1.